The van der Waals surface area contributed by atoms with E-state index in [4.69, 9.17) is 31.2 Å². The Bertz CT molecular complexity index is 1600. The van der Waals surface area contributed by atoms with Crippen LogP contribution in [0.5, 0.6) is 11.6 Å². The normalized spacial score (nSPS) is 14.9. The Balaban J connectivity index is 1.67. The molecule has 9 heteroatoms. The molecular weight excluding hydrogens is 482 g/mol. The summed E-state index contributed by atoms with van der Waals surface area (Å²) in [5.74, 6) is 0.592. The van der Waals surface area contributed by atoms with Gasteiger partial charge in [-0.05, 0) is 70.5 Å². The van der Waals surface area contributed by atoms with Crippen LogP contribution in [0.25, 0.3) is 22.3 Å². The van der Waals surface area contributed by atoms with Gasteiger partial charge in [-0.3, -0.25) is 9.59 Å². The van der Waals surface area contributed by atoms with Gasteiger partial charge in [0, 0.05) is 16.1 Å². The van der Waals surface area contributed by atoms with Crippen LogP contribution in [0, 0.1) is 13.8 Å². The number of nitrogens with two attached hydrogens (primary N) is 1. The number of hydrogen-bond acceptors (Lipinski definition) is 6. The molecule has 1 aliphatic rings. The van der Waals surface area contributed by atoms with E-state index in [0.717, 1.165) is 5.56 Å². The highest BCUT2D eigenvalue weighted by Crippen LogP contribution is 2.41. The van der Waals surface area contributed by atoms with Crippen molar-refractivity contribution in [1.29, 1.82) is 0 Å². The number of aromatic nitrogens is 2. The van der Waals surface area contributed by atoms with Crippen LogP contribution in [-0.4, -0.2) is 22.3 Å². The van der Waals surface area contributed by atoms with Crippen LogP contribution in [0.15, 0.2) is 45.7 Å². The van der Waals surface area contributed by atoms with Gasteiger partial charge >= 0.3 is 0 Å². The summed E-state index contributed by atoms with van der Waals surface area (Å²) in [5.41, 5.74) is 8.24. The quantitative estimate of drug-likeness (QED) is 0.393. The molecule has 0 spiro atoms. The fourth-order valence-corrected chi connectivity index (χ4v) is 4.72. The molecule has 2 aromatic carbocycles. The van der Waals surface area contributed by atoms with Crippen molar-refractivity contribution in [2.24, 2.45) is 5.73 Å². The molecular formula is C27H26ClN3O5. The number of benzene rings is 2. The SMILES string of the molecule is Cc1cc([C@@H](C)Oc2ccc(Cl)cc2C(N)=O)c2oc(-c3cnn4c3OCC4(C)C)c(C)c(=O)c2c1. The molecule has 3 heterocycles. The first-order valence-electron chi connectivity index (χ1n) is 11.5. The summed E-state index contributed by atoms with van der Waals surface area (Å²) < 4.78 is 20.3. The third-order valence-electron chi connectivity index (χ3n) is 6.45. The zero-order chi connectivity index (χ0) is 25.9. The first-order valence-corrected chi connectivity index (χ1v) is 11.9. The predicted octanol–water partition coefficient (Wildman–Crippen LogP) is 5.29. The van der Waals surface area contributed by atoms with Crippen molar-refractivity contribution in [3.05, 3.63) is 74.0 Å². The van der Waals surface area contributed by atoms with Crippen LogP contribution in [0.4, 0.5) is 0 Å². The van der Waals surface area contributed by atoms with E-state index in [1.165, 1.54) is 6.07 Å². The largest absolute Gasteiger partial charge is 0.485 e. The second-order valence-electron chi connectivity index (χ2n) is 9.76. The van der Waals surface area contributed by atoms with E-state index in [9.17, 15) is 9.59 Å². The summed E-state index contributed by atoms with van der Waals surface area (Å²) in [6, 6.07) is 8.38. The van der Waals surface area contributed by atoms with Gasteiger partial charge in [0.05, 0.1) is 28.2 Å². The lowest BCUT2D eigenvalue weighted by molar-refractivity contribution is 0.0993. The molecule has 0 aliphatic carbocycles. The minimum absolute atomic E-state index is 0.148. The van der Waals surface area contributed by atoms with E-state index < -0.39 is 12.0 Å². The lowest BCUT2D eigenvalue weighted by atomic mass is 10.0. The number of amides is 1. The molecule has 0 unspecified atom stereocenters. The maximum Gasteiger partial charge on any atom is 0.252 e. The number of fused-ring (bicyclic) bond motifs is 2. The molecule has 5 rings (SSSR count). The van der Waals surface area contributed by atoms with E-state index in [-0.39, 0.29) is 22.3 Å². The summed E-state index contributed by atoms with van der Waals surface area (Å²) in [6.07, 6.45) is 1.08. The van der Waals surface area contributed by atoms with Crippen molar-refractivity contribution in [2.45, 2.75) is 46.3 Å². The summed E-state index contributed by atoms with van der Waals surface area (Å²) in [6.45, 7) is 9.98. The minimum atomic E-state index is -0.656. The first-order chi connectivity index (χ1) is 17.0. The molecule has 0 fully saturated rings. The summed E-state index contributed by atoms with van der Waals surface area (Å²) in [4.78, 5) is 25.5. The van der Waals surface area contributed by atoms with Crippen LogP contribution < -0.4 is 20.6 Å². The van der Waals surface area contributed by atoms with Gasteiger partial charge in [0.1, 0.15) is 29.8 Å². The molecule has 0 radical (unpaired) electrons. The van der Waals surface area contributed by atoms with Crippen LogP contribution in [0.1, 0.15) is 53.9 Å². The molecule has 186 valence electrons. The average Bonchev–Trinajstić information content (AvgIpc) is 3.38. The molecule has 2 aromatic heterocycles. The van der Waals surface area contributed by atoms with Crippen molar-refractivity contribution >= 4 is 28.5 Å². The van der Waals surface area contributed by atoms with E-state index in [1.54, 1.807) is 36.0 Å². The Morgan fingerprint density at radius 2 is 2.00 bits per heavy atom. The second-order valence-corrected chi connectivity index (χ2v) is 10.2. The van der Waals surface area contributed by atoms with Gasteiger partial charge in [0.25, 0.3) is 5.91 Å². The maximum absolute atomic E-state index is 13.5. The molecule has 0 saturated carbocycles. The van der Waals surface area contributed by atoms with Crippen molar-refractivity contribution in [3.8, 4) is 23.0 Å². The molecule has 4 aromatic rings. The predicted molar refractivity (Wildman–Crippen MR) is 137 cm³/mol. The standard InChI is InChI=1S/C27H26ClN3O5/c1-13-8-17(15(3)35-21-7-6-16(28)10-18(21)25(29)33)24-19(9-13)22(32)14(2)23(36-24)20-11-30-31-26(20)34-12-27(31,4)5/h6-11,15H,12H2,1-5H3,(H2,29,33)/t15-/m1/s1. The third-order valence-corrected chi connectivity index (χ3v) is 6.68. The van der Waals surface area contributed by atoms with Crippen LogP contribution in [0.3, 0.4) is 0 Å². The van der Waals surface area contributed by atoms with Crippen molar-refractivity contribution in [3.63, 3.8) is 0 Å². The Morgan fingerprint density at radius 1 is 1.25 bits per heavy atom. The average molecular weight is 508 g/mol. The van der Waals surface area contributed by atoms with E-state index in [1.807, 2.05) is 33.8 Å². The highest BCUT2D eigenvalue weighted by atomic mass is 35.5. The summed E-state index contributed by atoms with van der Waals surface area (Å²) in [5, 5.41) is 5.30. The number of primary amides is 1. The fraction of sp³-hybridized carbons (Fsp3) is 0.296. The molecule has 36 heavy (non-hydrogen) atoms. The zero-order valence-electron chi connectivity index (χ0n) is 20.6. The molecule has 1 amide bonds. The van der Waals surface area contributed by atoms with Gasteiger partial charge < -0.3 is 19.6 Å². The lowest BCUT2D eigenvalue weighted by Crippen LogP contribution is -2.26. The van der Waals surface area contributed by atoms with Crippen LogP contribution in [0.2, 0.25) is 5.02 Å². The molecule has 1 aliphatic heterocycles. The Kier molecular flexibility index (Phi) is 5.59. The van der Waals surface area contributed by atoms with Gasteiger partial charge in [0.15, 0.2) is 5.43 Å². The zero-order valence-corrected chi connectivity index (χ0v) is 21.4. The second kappa shape index (κ2) is 8.41. The monoisotopic (exact) mass is 507 g/mol. The van der Waals surface area contributed by atoms with E-state index >= 15 is 0 Å². The minimum Gasteiger partial charge on any atom is -0.485 e. The van der Waals surface area contributed by atoms with Crippen LogP contribution in [-0.2, 0) is 5.54 Å². The number of nitrogens with zero attached hydrogens (tertiary/aromatic N) is 2. The fourth-order valence-electron chi connectivity index (χ4n) is 4.55. The lowest BCUT2D eigenvalue weighted by Gasteiger charge is -2.19. The summed E-state index contributed by atoms with van der Waals surface area (Å²) >= 11 is 6.04. The van der Waals surface area contributed by atoms with Gasteiger partial charge in [-0.25, -0.2) is 4.68 Å². The molecule has 2 N–H and O–H groups in total. The third kappa shape index (κ3) is 3.82. The van der Waals surface area contributed by atoms with E-state index in [2.05, 4.69) is 5.10 Å². The van der Waals surface area contributed by atoms with Crippen molar-refractivity contribution in [1.82, 2.24) is 9.78 Å². The maximum atomic E-state index is 13.5. The van der Waals surface area contributed by atoms with Gasteiger partial charge in [0.2, 0.25) is 5.88 Å². The number of rotatable bonds is 5. The van der Waals surface area contributed by atoms with Crippen molar-refractivity contribution < 1.29 is 18.7 Å². The smallest absolute Gasteiger partial charge is 0.252 e. The number of carbonyl (C=O) groups excluding carboxylic acids is 1. The van der Waals surface area contributed by atoms with Crippen LogP contribution >= 0.6 is 11.6 Å². The van der Waals surface area contributed by atoms with Gasteiger partial charge in [-0.2, -0.15) is 5.10 Å². The molecule has 1 atom stereocenters. The Morgan fingerprint density at radius 3 is 2.72 bits per heavy atom. The molecule has 0 bridgehead atoms. The Labute approximate surface area is 212 Å². The van der Waals surface area contributed by atoms with Crippen molar-refractivity contribution in [2.75, 3.05) is 6.61 Å². The number of carbonyl (C=O) groups is 1. The number of ether oxygens (including phenoxy) is 2. The van der Waals surface area contributed by atoms with Gasteiger partial charge in [-0.1, -0.05) is 11.6 Å². The highest BCUT2D eigenvalue weighted by Gasteiger charge is 2.36. The number of halogens is 1. The highest BCUT2D eigenvalue weighted by molar-refractivity contribution is 6.31. The number of hydrogen-bond donors (Lipinski definition) is 1. The summed E-state index contributed by atoms with van der Waals surface area (Å²) in [7, 11) is 0. The van der Waals surface area contributed by atoms with E-state index in [0.29, 0.717) is 50.9 Å². The molecule has 0 saturated heterocycles. The Hall–Kier alpha value is -3.78. The topological polar surface area (TPSA) is 110 Å². The first kappa shape index (κ1) is 23.9. The van der Waals surface area contributed by atoms with Gasteiger partial charge in [-0.15, -0.1) is 0 Å². The molecule has 8 nitrogen and oxygen atoms in total. The number of aryl methyl sites for hydroxylation is 1.